The molecule has 0 atom stereocenters. The van der Waals surface area contributed by atoms with Crippen LogP contribution in [0.5, 0.6) is 5.75 Å². The van der Waals surface area contributed by atoms with Crippen LogP contribution in [-0.2, 0) is 6.54 Å². The molecule has 1 aromatic heterocycles. The van der Waals surface area contributed by atoms with Gasteiger partial charge in [0, 0.05) is 0 Å². The highest BCUT2D eigenvalue weighted by Crippen LogP contribution is 2.23. The van der Waals surface area contributed by atoms with E-state index in [1.165, 1.54) is 22.8 Å². The number of Topliss-reactive ketones (excluding diaryl/α,β-unsaturated/α-hetero) is 1. The van der Waals surface area contributed by atoms with Crippen LogP contribution < -0.4 is 4.74 Å². The van der Waals surface area contributed by atoms with Gasteiger partial charge in [-0.15, -0.1) is 0 Å². The maximum Gasteiger partial charge on any atom is 0.387 e. The zero-order valence-corrected chi connectivity index (χ0v) is 11.4. The average Bonchev–Trinajstić information content (AvgIpc) is 2.89. The van der Waals surface area contributed by atoms with Crippen molar-refractivity contribution in [1.82, 2.24) is 9.55 Å². The topological polar surface area (TPSA) is 87.3 Å². The summed E-state index contributed by atoms with van der Waals surface area (Å²) >= 11 is 0. The third-order valence-electron chi connectivity index (χ3n) is 2.78. The SMILES string of the molecule is Cc1ccc(OC(F)F)c(C(=O)Cn2cnc([N+](=O)[O-])c2)c1. The Labute approximate surface area is 123 Å². The van der Waals surface area contributed by atoms with Crippen molar-refractivity contribution in [1.29, 1.82) is 0 Å². The molecule has 0 aliphatic rings. The number of aromatic nitrogens is 2. The molecule has 9 heteroatoms. The summed E-state index contributed by atoms with van der Waals surface area (Å²) in [5.41, 5.74) is 0.679. The number of nitro groups is 1. The van der Waals surface area contributed by atoms with Gasteiger partial charge in [-0.25, -0.2) is 0 Å². The van der Waals surface area contributed by atoms with Crippen LogP contribution in [0.3, 0.4) is 0 Å². The van der Waals surface area contributed by atoms with Crippen molar-refractivity contribution < 1.29 is 23.2 Å². The fraction of sp³-hybridized carbons (Fsp3) is 0.231. The van der Waals surface area contributed by atoms with Crippen LogP contribution in [0.4, 0.5) is 14.6 Å². The number of nitrogens with zero attached hydrogens (tertiary/aromatic N) is 3. The number of hydrogen-bond acceptors (Lipinski definition) is 5. The Morgan fingerprint density at radius 1 is 1.50 bits per heavy atom. The van der Waals surface area contributed by atoms with Gasteiger partial charge in [-0.2, -0.15) is 8.78 Å². The van der Waals surface area contributed by atoms with Crippen molar-refractivity contribution in [3.8, 4) is 5.75 Å². The zero-order valence-electron chi connectivity index (χ0n) is 11.4. The number of ketones is 1. The molecule has 0 unspecified atom stereocenters. The summed E-state index contributed by atoms with van der Waals surface area (Å²) < 4.78 is 30.2. The summed E-state index contributed by atoms with van der Waals surface area (Å²) in [5, 5.41) is 10.5. The molecule has 116 valence electrons. The maximum atomic E-state index is 12.4. The largest absolute Gasteiger partial charge is 0.434 e. The smallest absolute Gasteiger partial charge is 0.387 e. The summed E-state index contributed by atoms with van der Waals surface area (Å²) in [6.07, 6.45) is 2.21. The lowest BCUT2D eigenvalue weighted by molar-refractivity contribution is -0.389. The Balaban J connectivity index is 2.24. The van der Waals surface area contributed by atoms with Gasteiger partial charge in [0.25, 0.3) is 0 Å². The number of alkyl halides is 2. The summed E-state index contributed by atoms with van der Waals surface area (Å²) in [6, 6.07) is 4.24. The second-order valence-corrected chi connectivity index (χ2v) is 4.46. The minimum Gasteiger partial charge on any atom is -0.434 e. The number of ether oxygens (including phenoxy) is 1. The second-order valence-electron chi connectivity index (χ2n) is 4.46. The average molecular weight is 311 g/mol. The molecule has 0 N–H and O–H groups in total. The van der Waals surface area contributed by atoms with E-state index in [4.69, 9.17) is 0 Å². The summed E-state index contributed by atoms with van der Waals surface area (Å²) in [5.74, 6) is -1.16. The molecule has 0 bridgehead atoms. The van der Waals surface area contributed by atoms with Gasteiger partial charge in [-0.3, -0.25) is 4.79 Å². The number of hydrogen-bond donors (Lipinski definition) is 0. The molecule has 0 aliphatic carbocycles. The van der Waals surface area contributed by atoms with Crippen molar-refractivity contribution in [3.05, 3.63) is 52.0 Å². The van der Waals surface area contributed by atoms with Crippen LogP contribution >= 0.6 is 0 Å². The normalized spacial score (nSPS) is 10.7. The third-order valence-corrected chi connectivity index (χ3v) is 2.78. The Kier molecular flexibility index (Phi) is 4.44. The minimum atomic E-state index is -3.05. The van der Waals surface area contributed by atoms with Gasteiger partial charge in [0.15, 0.2) is 5.78 Å². The van der Waals surface area contributed by atoms with Crippen LogP contribution in [0.1, 0.15) is 15.9 Å². The van der Waals surface area contributed by atoms with Crippen molar-refractivity contribution in [2.45, 2.75) is 20.1 Å². The Morgan fingerprint density at radius 3 is 2.82 bits per heavy atom. The van der Waals surface area contributed by atoms with E-state index in [1.54, 1.807) is 6.92 Å². The Morgan fingerprint density at radius 2 is 2.23 bits per heavy atom. The van der Waals surface area contributed by atoms with Crippen LogP contribution in [-0.4, -0.2) is 26.9 Å². The van der Waals surface area contributed by atoms with Crippen molar-refractivity contribution in [3.63, 3.8) is 0 Å². The second kappa shape index (κ2) is 6.29. The highest BCUT2D eigenvalue weighted by atomic mass is 19.3. The predicted molar refractivity (Wildman–Crippen MR) is 71.0 cm³/mol. The number of imidazole rings is 1. The first-order valence-corrected chi connectivity index (χ1v) is 6.11. The van der Waals surface area contributed by atoms with Gasteiger partial charge >= 0.3 is 12.4 Å². The molecule has 7 nitrogen and oxygen atoms in total. The van der Waals surface area contributed by atoms with Gasteiger partial charge in [-0.1, -0.05) is 11.6 Å². The van der Waals surface area contributed by atoms with Crippen molar-refractivity contribution in [2.75, 3.05) is 0 Å². The molecule has 0 spiro atoms. The number of carbonyl (C=O) groups excluding carboxylic acids is 1. The van der Waals surface area contributed by atoms with Gasteiger partial charge in [0.1, 0.15) is 11.9 Å². The van der Waals surface area contributed by atoms with E-state index in [2.05, 4.69) is 9.72 Å². The lowest BCUT2D eigenvalue weighted by Crippen LogP contribution is -2.13. The predicted octanol–water partition coefficient (Wildman–Crippen LogP) is 2.58. The number of carbonyl (C=O) groups is 1. The molecule has 0 saturated heterocycles. The van der Waals surface area contributed by atoms with Crippen molar-refractivity contribution >= 4 is 11.6 Å². The van der Waals surface area contributed by atoms with E-state index in [0.29, 0.717) is 5.56 Å². The Hall–Kier alpha value is -2.84. The van der Waals surface area contributed by atoms with Crippen LogP contribution in [0.2, 0.25) is 0 Å². The molecule has 0 radical (unpaired) electrons. The molecular formula is C13H11F2N3O4. The molecule has 0 saturated carbocycles. The third kappa shape index (κ3) is 3.62. The number of rotatable bonds is 6. The van der Waals surface area contributed by atoms with E-state index in [1.807, 2.05) is 0 Å². The molecule has 2 aromatic rings. The number of halogens is 2. The maximum absolute atomic E-state index is 12.4. The molecular weight excluding hydrogens is 300 g/mol. The quantitative estimate of drug-likeness (QED) is 0.465. The fourth-order valence-electron chi connectivity index (χ4n) is 1.84. The highest BCUT2D eigenvalue weighted by Gasteiger charge is 2.18. The first-order chi connectivity index (χ1) is 10.4. The van der Waals surface area contributed by atoms with E-state index in [-0.39, 0.29) is 17.9 Å². The molecule has 0 amide bonds. The zero-order chi connectivity index (χ0) is 16.3. The van der Waals surface area contributed by atoms with Gasteiger partial charge in [-0.05, 0) is 29.0 Å². The van der Waals surface area contributed by atoms with Crippen molar-refractivity contribution in [2.24, 2.45) is 0 Å². The van der Waals surface area contributed by atoms with Gasteiger partial charge in [0.2, 0.25) is 6.33 Å². The fourth-order valence-corrected chi connectivity index (χ4v) is 1.84. The minimum absolute atomic E-state index is 0.0170. The van der Waals surface area contributed by atoms with Gasteiger partial charge in [0.05, 0.1) is 12.1 Å². The summed E-state index contributed by atoms with van der Waals surface area (Å²) in [4.78, 5) is 25.6. The standard InChI is InChI=1S/C13H11F2N3O4/c1-8-2-3-11(22-13(14)15)9(4-8)10(19)5-17-6-12(16-7-17)18(20)21/h2-4,6-7,13H,5H2,1H3. The first kappa shape index (κ1) is 15.5. The Bertz CT molecular complexity index is 715. The lowest BCUT2D eigenvalue weighted by Gasteiger charge is -2.10. The molecule has 2 rings (SSSR count). The monoisotopic (exact) mass is 311 g/mol. The molecule has 22 heavy (non-hydrogen) atoms. The first-order valence-electron chi connectivity index (χ1n) is 6.11. The van der Waals surface area contributed by atoms with Crippen LogP contribution in [0.25, 0.3) is 0 Å². The van der Waals surface area contributed by atoms with E-state index < -0.39 is 23.1 Å². The van der Waals surface area contributed by atoms with Crippen LogP contribution in [0, 0.1) is 17.0 Å². The van der Waals surface area contributed by atoms with Gasteiger partial charge < -0.3 is 19.4 Å². The summed E-state index contributed by atoms with van der Waals surface area (Å²) in [6.45, 7) is -1.63. The van der Waals surface area contributed by atoms with Crippen LogP contribution in [0.15, 0.2) is 30.7 Å². The van der Waals surface area contributed by atoms with E-state index in [0.717, 1.165) is 12.5 Å². The molecule has 1 aromatic carbocycles. The number of aryl methyl sites for hydroxylation is 1. The van der Waals surface area contributed by atoms with E-state index >= 15 is 0 Å². The highest BCUT2D eigenvalue weighted by molar-refractivity contribution is 5.98. The number of benzene rings is 1. The summed E-state index contributed by atoms with van der Waals surface area (Å²) in [7, 11) is 0. The molecule has 0 fully saturated rings. The molecule has 1 heterocycles. The van der Waals surface area contributed by atoms with E-state index in [9.17, 15) is 23.7 Å². The lowest BCUT2D eigenvalue weighted by atomic mass is 10.1. The molecule has 0 aliphatic heterocycles.